The topological polar surface area (TPSA) is 49.9 Å². The first-order valence-corrected chi connectivity index (χ1v) is 10.8. The van der Waals surface area contributed by atoms with Crippen molar-refractivity contribution < 1.29 is 14.3 Å². The Hall–Kier alpha value is -2.82. The van der Waals surface area contributed by atoms with Crippen molar-refractivity contribution in [2.75, 3.05) is 26.7 Å². The van der Waals surface area contributed by atoms with E-state index in [0.29, 0.717) is 24.3 Å². The molecule has 2 aromatic rings. The van der Waals surface area contributed by atoms with Gasteiger partial charge in [0.2, 0.25) is 5.91 Å². The van der Waals surface area contributed by atoms with Crippen molar-refractivity contribution in [3.63, 3.8) is 0 Å². The molecule has 0 saturated carbocycles. The van der Waals surface area contributed by atoms with E-state index in [-0.39, 0.29) is 17.2 Å². The number of rotatable bonds is 4. The second-order valence-corrected chi connectivity index (χ2v) is 8.54. The van der Waals surface area contributed by atoms with E-state index in [4.69, 9.17) is 4.74 Å². The van der Waals surface area contributed by atoms with Crippen LogP contribution in [0.1, 0.15) is 48.0 Å². The van der Waals surface area contributed by atoms with Crippen LogP contribution in [0.2, 0.25) is 0 Å². The van der Waals surface area contributed by atoms with Gasteiger partial charge in [0.15, 0.2) is 0 Å². The molecule has 158 valence electrons. The molecule has 30 heavy (non-hydrogen) atoms. The van der Waals surface area contributed by atoms with Gasteiger partial charge in [-0.15, -0.1) is 0 Å². The summed E-state index contributed by atoms with van der Waals surface area (Å²) in [5.41, 5.74) is 1.97. The molecule has 2 amide bonds. The lowest BCUT2D eigenvalue weighted by molar-refractivity contribution is -0.131. The molecule has 0 bridgehead atoms. The molecular formula is C25H30N2O3. The quantitative estimate of drug-likeness (QED) is 0.767. The van der Waals surface area contributed by atoms with Gasteiger partial charge in [0.05, 0.1) is 12.7 Å². The van der Waals surface area contributed by atoms with Gasteiger partial charge in [-0.3, -0.25) is 9.59 Å². The third-order valence-corrected chi connectivity index (χ3v) is 6.80. The van der Waals surface area contributed by atoms with E-state index >= 15 is 0 Å². The van der Waals surface area contributed by atoms with E-state index in [1.165, 1.54) is 5.56 Å². The minimum absolute atomic E-state index is 0.0395. The highest BCUT2D eigenvalue weighted by molar-refractivity contribution is 5.97. The minimum Gasteiger partial charge on any atom is -0.496 e. The predicted octanol–water partition coefficient (Wildman–Crippen LogP) is 4.13. The van der Waals surface area contributed by atoms with Gasteiger partial charge in [0, 0.05) is 32.6 Å². The van der Waals surface area contributed by atoms with Crippen LogP contribution in [0.5, 0.6) is 5.75 Å². The SMILES string of the molecule is COc1ccccc1C(=O)N1CCC2(CCC(=O)N(Cc3ccccc3)CC2)CC1. The average molecular weight is 407 g/mol. The van der Waals surface area contributed by atoms with Crippen molar-refractivity contribution in [3.05, 3.63) is 65.7 Å². The summed E-state index contributed by atoms with van der Waals surface area (Å²) in [6.07, 6.45) is 4.46. The molecule has 0 aliphatic carbocycles. The van der Waals surface area contributed by atoms with Gasteiger partial charge in [0.25, 0.3) is 5.91 Å². The zero-order chi connectivity index (χ0) is 21.0. The molecule has 5 nitrogen and oxygen atoms in total. The standard InChI is InChI=1S/C25H30N2O3/c1-30-22-10-6-5-9-21(22)24(29)26-16-13-25(14-17-26)12-11-23(28)27(18-15-25)19-20-7-3-2-4-8-20/h2-10H,11-19H2,1H3. The van der Waals surface area contributed by atoms with Crippen LogP contribution < -0.4 is 4.74 Å². The number of nitrogens with zero attached hydrogens (tertiary/aromatic N) is 2. The lowest BCUT2D eigenvalue weighted by Gasteiger charge is -2.41. The number of hydrogen-bond acceptors (Lipinski definition) is 3. The van der Waals surface area contributed by atoms with Crippen LogP contribution in [0, 0.1) is 5.41 Å². The maximum absolute atomic E-state index is 13.0. The Bertz CT molecular complexity index is 888. The molecular weight excluding hydrogens is 376 g/mol. The maximum atomic E-state index is 13.0. The summed E-state index contributed by atoms with van der Waals surface area (Å²) >= 11 is 0. The number of benzene rings is 2. The first kappa shape index (κ1) is 20.5. The number of likely N-dealkylation sites (tertiary alicyclic amines) is 2. The molecule has 0 radical (unpaired) electrons. The van der Waals surface area contributed by atoms with Crippen LogP contribution in [0.3, 0.4) is 0 Å². The third kappa shape index (κ3) is 4.35. The highest BCUT2D eigenvalue weighted by Gasteiger charge is 2.39. The van der Waals surface area contributed by atoms with Crippen molar-refractivity contribution in [3.8, 4) is 5.75 Å². The fraction of sp³-hybridized carbons (Fsp3) is 0.440. The zero-order valence-corrected chi connectivity index (χ0v) is 17.7. The normalized spacial score (nSPS) is 18.9. The van der Waals surface area contributed by atoms with E-state index in [1.807, 2.05) is 52.3 Å². The predicted molar refractivity (Wildman–Crippen MR) is 116 cm³/mol. The summed E-state index contributed by atoms with van der Waals surface area (Å²) in [6, 6.07) is 17.6. The summed E-state index contributed by atoms with van der Waals surface area (Å²) < 4.78 is 5.37. The molecule has 2 heterocycles. The van der Waals surface area contributed by atoms with Crippen molar-refractivity contribution in [1.29, 1.82) is 0 Å². The monoisotopic (exact) mass is 406 g/mol. The fourth-order valence-electron chi connectivity index (χ4n) is 4.80. The number of para-hydroxylation sites is 1. The molecule has 2 fully saturated rings. The second kappa shape index (κ2) is 8.90. The molecule has 2 aliphatic rings. The summed E-state index contributed by atoms with van der Waals surface area (Å²) in [5.74, 6) is 0.917. The summed E-state index contributed by atoms with van der Waals surface area (Å²) in [4.78, 5) is 29.7. The zero-order valence-electron chi connectivity index (χ0n) is 17.7. The van der Waals surface area contributed by atoms with E-state index < -0.39 is 0 Å². The molecule has 2 saturated heterocycles. The lowest BCUT2D eigenvalue weighted by atomic mass is 9.73. The van der Waals surface area contributed by atoms with E-state index in [0.717, 1.165) is 45.3 Å². The first-order valence-electron chi connectivity index (χ1n) is 10.8. The van der Waals surface area contributed by atoms with Crippen LogP contribution in [-0.4, -0.2) is 48.4 Å². The largest absolute Gasteiger partial charge is 0.496 e. The number of amides is 2. The minimum atomic E-state index is 0.0395. The smallest absolute Gasteiger partial charge is 0.257 e. The van der Waals surface area contributed by atoms with Crippen LogP contribution in [0.15, 0.2) is 54.6 Å². The number of carbonyl (C=O) groups excluding carboxylic acids is 2. The number of hydrogen-bond donors (Lipinski definition) is 0. The van der Waals surface area contributed by atoms with Crippen molar-refractivity contribution in [2.24, 2.45) is 5.41 Å². The number of ether oxygens (including phenoxy) is 1. The van der Waals surface area contributed by atoms with Gasteiger partial charge in [-0.05, 0) is 48.8 Å². The molecule has 4 rings (SSSR count). The Labute approximate surface area is 178 Å². The molecule has 1 spiro atoms. The molecule has 2 aromatic carbocycles. The Morgan fingerprint density at radius 3 is 2.33 bits per heavy atom. The molecule has 0 atom stereocenters. The third-order valence-electron chi connectivity index (χ3n) is 6.80. The summed E-state index contributed by atoms with van der Waals surface area (Å²) in [5, 5.41) is 0. The van der Waals surface area contributed by atoms with Gasteiger partial charge >= 0.3 is 0 Å². The van der Waals surface area contributed by atoms with Crippen LogP contribution in [0.4, 0.5) is 0 Å². The first-order chi connectivity index (χ1) is 14.6. The Kier molecular flexibility index (Phi) is 6.07. The van der Waals surface area contributed by atoms with Gasteiger partial charge in [-0.2, -0.15) is 0 Å². The second-order valence-electron chi connectivity index (χ2n) is 8.54. The molecule has 0 N–H and O–H groups in total. The van der Waals surface area contributed by atoms with Gasteiger partial charge < -0.3 is 14.5 Å². The molecule has 0 aromatic heterocycles. The van der Waals surface area contributed by atoms with Gasteiger partial charge in [0.1, 0.15) is 5.75 Å². The molecule has 0 unspecified atom stereocenters. The van der Waals surface area contributed by atoms with Crippen LogP contribution >= 0.6 is 0 Å². The van der Waals surface area contributed by atoms with E-state index in [9.17, 15) is 9.59 Å². The average Bonchev–Trinajstić information content (AvgIpc) is 2.94. The Balaban J connectivity index is 1.38. The molecule has 5 heteroatoms. The van der Waals surface area contributed by atoms with Gasteiger partial charge in [-0.25, -0.2) is 0 Å². The van der Waals surface area contributed by atoms with Crippen molar-refractivity contribution >= 4 is 11.8 Å². The number of piperidine rings is 1. The Morgan fingerprint density at radius 1 is 0.933 bits per heavy atom. The molecule has 2 aliphatic heterocycles. The van der Waals surface area contributed by atoms with Crippen LogP contribution in [-0.2, 0) is 11.3 Å². The highest BCUT2D eigenvalue weighted by Crippen LogP contribution is 2.42. The highest BCUT2D eigenvalue weighted by atomic mass is 16.5. The number of methoxy groups -OCH3 is 1. The van der Waals surface area contributed by atoms with E-state index in [1.54, 1.807) is 7.11 Å². The summed E-state index contributed by atoms with van der Waals surface area (Å²) in [7, 11) is 1.60. The van der Waals surface area contributed by atoms with Crippen molar-refractivity contribution in [1.82, 2.24) is 9.80 Å². The number of carbonyl (C=O) groups is 2. The van der Waals surface area contributed by atoms with E-state index in [2.05, 4.69) is 12.1 Å². The lowest BCUT2D eigenvalue weighted by Crippen LogP contribution is -2.43. The van der Waals surface area contributed by atoms with Gasteiger partial charge in [-0.1, -0.05) is 42.5 Å². The van der Waals surface area contributed by atoms with Crippen LogP contribution in [0.25, 0.3) is 0 Å². The van der Waals surface area contributed by atoms with Crippen molar-refractivity contribution in [2.45, 2.75) is 38.6 Å². The Morgan fingerprint density at radius 2 is 1.60 bits per heavy atom. The fourth-order valence-corrected chi connectivity index (χ4v) is 4.80. The summed E-state index contributed by atoms with van der Waals surface area (Å²) in [6.45, 7) is 2.97. The maximum Gasteiger partial charge on any atom is 0.257 e.